The molecule has 0 aliphatic heterocycles. The van der Waals surface area contributed by atoms with Gasteiger partial charge in [-0.2, -0.15) is 0 Å². The minimum Gasteiger partial charge on any atom is -0.479 e. The molecule has 0 radical (unpaired) electrons. The summed E-state index contributed by atoms with van der Waals surface area (Å²) in [4.78, 5) is 23.7. The summed E-state index contributed by atoms with van der Waals surface area (Å²) in [5, 5.41) is 24.4. The number of aliphatic carboxylic acids is 1. The molecule has 0 heterocycles. The van der Waals surface area contributed by atoms with Crippen molar-refractivity contribution in [3.8, 4) is 0 Å². The maximum absolute atomic E-state index is 12.9. The fraction of sp³-hybridized carbons (Fsp3) is 0.636. The van der Waals surface area contributed by atoms with E-state index in [-0.39, 0.29) is 18.5 Å². The number of amides is 1. The Hall–Kier alpha value is -1.92. The van der Waals surface area contributed by atoms with E-state index in [1.165, 1.54) is 18.4 Å². The number of carboxylic acids is 1. The lowest BCUT2D eigenvalue weighted by atomic mass is 9.96. The zero-order valence-electron chi connectivity index (χ0n) is 17.1. The standard InChI is InChI=1S/C22H34N2O4/c1-14(2)17-8-10-18(11-9-17)15(3)24-21(26)19(12-16-6-4-5-7-16)23-13-20(25)22(27)28/h8-11,14-16,19-20,23,25H,4-7,12-13H2,1-3H3,(H,24,26)(H,27,28). The molecule has 2 rings (SSSR count). The van der Waals surface area contributed by atoms with Gasteiger partial charge in [-0.3, -0.25) is 4.79 Å². The van der Waals surface area contributed by atoms with Crippen molar-refractivity contribution in [1.82, 2.24) is 10.6 Å². The first-order valence-corrected chi connectivity index (χ1v) is 10.3. The summed E-state index contributed by atoms with van der Waals surface area (Å²) >= 11 is 0. The van der Waals surface area contributed by atoms with Crippen LogP contribution in [0.4, 0.5) is 0 Å². The molecule has 0 spiro atoms. The quantitative estimate of drug-likeness (QED) is 0.492. The van der Waals surface area contributed by atoms with Crippen molar-refractivity contribution >= 4 is 11.9 Å². The van der Waals surface area contributed by atoms with Gasteiger partial charge in [0.05, 0.1) is 12.1 Å². The summed E-state index contributed by atoms with van der Waals surface area (Å²) in [5.74, 6) is -0.512. The first kappa shape index (κ1) is 22.4. The molecule has 1 aromatic carbocycles. The summed E-state index contributed by atoms with van der Waals surface area (Å²) in [6.07, 6.45) is 3.69. The molecule has 0 aromatic heterocycles. The number of nitrogens with one attached hydrogen (secondary N) is 2. The molecule has 1 aliphatic rings. The van der Waals surface area contributed by atoms with Gasteiger partial charge in [0.2, 0.25) is 5.91 Å². The van der Waals surface area contributed by atoms with Crippen LogP contribution in [0.1, 0.15) is 76.0 Å². The lowest BCUT2D eigenvalue weighted by Crippen LogP contribution is -2.49. The Bertz CT molecular complexity index is 638. The summed E-state index contributed by atoms with van der Waals surface area (Å²) in [6.45, 7) is 6.09. The molecule has 0 bridgehead atoms. The minimum absolute atomic E-state index is 0.141. The monoisotopic (exact) mass is 390 g/mol. The molecule has 4 N–H and O–H groups in total. The number of hydrogen-bond donors (Lipinski definition) is 4. The molecule has 0 saturated heterocycles. The lowest BCUT2D eigenvalue weighted by Gasteiger charge is -2.24. The van der Waals surface area contributed by atoms with Crippen LogP contribution in [0.15, 0.2) is 24.3 Å². The summed E-state index contributed by atoms with van der Waals surface area (Å²) in [6, 6.07) is 7.59. The van der Waals surface area contributed by atoms with Crippen LogP contribution in [0.3, 0.4) is 0 Å². The highest BCUT2D eigenvalue weighted by Gasteiger charge is 2.27. The Balaban J connectivity index is 1.99. The molecule has 156 valence electrons. The summed E-state index contributed by atoms with van der Waals surface area (Å²) in [5.41, 5.74) is 2.29. The van der Waals surface area contributed by atoms with Crippen LogP contribution in [0.2, 0.25) is 0 Å². The van der Waals surface area contributed by atoms with Gasteiger partial charge in [-0.15, -0.1) is 0 Å². The van der Waals surface area contributed by atoms with Crippen LogP contribution in [0.5, 0.6) is 0 Å². The smallest absolute Gasteiger partial charge is 0.333 e. The minimum atomic E-state index is -1.51. The van der Waals surface area contributed by atoms with Crippen molar-refractivity contribution in [3.05, 3.63) is 35.4 Å². The van der Waals surface area contributed by atoms with Gasteiger partial charge in [0.1, 0.15) is 0 Å². The van der Waals surface area contributed by atoms with Crippen LogP contribution >= 0.6 is 0 Å². The number of carbonyl (C=O) groups excluding carboxylic acids is 1. The van der Waals surface area contributed by atoms with E-state index in [0.29, 0.717) is 18.3 Å². The number of carboxylic acid groups (broad SMARTS) is 1. The van der Waals surface area contributed by atoms with E-state index < -0.39 is 18.1 Å². The van der Waals surface area contributed by atoms with Crippen molar-refractivity contribution in [2.75, 3.05) is 6.54 Å². The predicted octanol–water partition coefficient (Wildman–Crippen LogP) is 2.97. The van der Waals surface area contributed by atoms with E-state index in [2.05, 4.69) is 36.6 Å². The van der Waals surface area contributed by atoms with E-state index in [1.54, 1.807) is 0 Å². The topological polar surface area (TPSA) is 98.7 Å². The number of hydrogen-bond acceptors (Lipinski definition) is 4. The van der Waals surface area contributed by atoms with Crippen LogP contribution in [0, 0.1) is 5.92 Å². The van der Waals surface area contributed by atoms with Crippen LogP contribution < -0.4 is 10.6 Å². The average molecular weight is 391 g/mol. The fourth-order valence-electron chi connectivity index (χ4n) is 3.77. The van der Waals surface area contributed by atoms with E-state index in [0.717, 1.165) is 18.4 Å². The first-order chi connectivity index (χ1) is 13.3. The molecule has 1 fully saturated rings. The molecular formula is C22H34N2O4. The lowest BCUT2D eigenvalue weighted by molar-refractivity contribution is -0.146. The third kappa shape index (κ3) is 6.60. The normalized spacial score (nSPS) is 18.0. The van der Waals surface area contributed by atoms with Crippen molar-refractivity contribution in [2.24, 2.45) is 5.92 Å². The van der Waals surface area contributed by atoms with Gasteiger partial charge < -0.3 is 20.8 Å². The fourth-order valence-corrected chi connectivity index (χ4v) is 3.77. The Labute approximate surface area is 167 Å². The molecule has 1 amide bonds. The largest absolute Gasteiger partial charge is 0.479 e. The average Bonchev–Trinajstić information content (AvgIpc) is 3.17. The molecule has 3 atom stereocenters. The van der Waals surface area contributed by atoms with Gasteiger partial charge in [-0.05, 0) is 36.3 Å². The predicted molar refractivity (Wildman–Crippen MR) is 109 cm³/mol. The summed E-state index contributed by atoms with van der Waals surface area (Å²) < 4.78 is 0. The second-order valence-electron chi connectivity index (χ2n) is 8.25. The molecule has 1 aromatic rings. The Morgan fingerprint density at radius 1 is 1.07 bits per heavy atom. The van der Waals surface area contributed by atoms with E-state index >= 15 is 0 Å². The summed E-state index contributed by atoms with van der Waals surface area (Å²) in [7, 11) is 0. The van der Waals surface area contributed by atoms with Gasteiger partial charge in [0.15, 0.2) is 6.10 Å². The zero-order chi connectivity index (χ0) is 20.7. The number of aliphatic hydroxyl groups is 1. The Morgan fingerprint density at radius 2 is 1.64 bits per heavy atom. The second kappa shape index (κ2) is 10.6. The van der Waals surface area contributed by atoms with Crippen LogP contribution in [0.25, 0.3) is 0 Å². The second-order valence-corrected chi connectivity index (χ2v) is 8.25. The van der Waals surface area contributed by atoms with Gasteiger partial charge in [0, 0.05) is 6.54 Å². The van der Waals surface area contributed by atoms with Crippen molar-refractivity contribution in [3.63, 3.8) is 0 Å². The SMILES string of the molecule is CC(C)c1ccc(C(C)NC(=O)C(CC2CCCC2)NCC(O)C(=O)O)cc1. The van der Waals surface area contributed by atoms with Gasteiger partial charge in [0.25, 0.3) is 0 Å². The van der Waals surface area contributed by atoms with Crippen molar-refractivity contribution in [1.29, 1.82) is 0 Å². The third-order valence-corrected chi connectivity index (χ3v) is 5.66. The van der Waals surface area contributed by atoms with E-state index in [1.807, 2.05) is 19.1 Å². The highest BCUT2D eigenvalue weighted by Crippen LogP contribution is 2.29. The van der Waals surface area contributed by atoms with Gasteiger partial charge in [-0.25, -0.2) is 4.79 Å². The molecule has 1 aliphatic carbocycles. The third-order valence-electron chi connectivity index (χ3n) is 5.66. The van der Waals surface area contributed by atoms with E-state index in [9.17, 15) is 14.7 Å². The van der Waals surface area contributed by atoms with Crippen LogP contribution in [-0.4, -0.2) is 40.8 Å². The maximum Gasteiger partial charge on any atom is 0.333 e. The number of aliphatic hydroxyl groups excluding tert-OH is 1. The van der Waals surface area contributed by atoms with Crippen molar-refractivity contribution < 1.29 is 19.8 Å². The van der Waals surface area contributed by atoms with Gasteiger partial charge in [-0.1, -0.05) is 63.8 Å². The Kier molecular flexibility index (Phi) is 8.45. The molecule has 6 nitrogen and oxygen atoms in total. The number of rotatable bonds is 10. The van der Waals surface area contributed by atoms with Crippen LogP contribution in [-0.2, 0) is 9.59 Å². The maximum atomic E-state index is 12.9. The molecule has 3 unspecified atom stereocenters. The molecule has 6 heteroatoms. The number of carbonyl (C=O) groups is 2. The highest BCUT2D eigenvalue weighted by atomic mass is 16.4. The van der Waals surface area contributed by atoms with E-state index in [4.69, 9.17) is 5.11 Å². The van der Waals surface area contributed by atoms with Gasteiger partial charge >= 0.3 is 5.97 Å². The number of benzene rings is 1. The molecular weight excluding hydrogens is 356 g/mol. The van der Waals surface area contributed by atoms with Crippen molar-refractivity contribution in [2.45, 2.75) is 77.0 Å². The Morgan fingerprint density at radius 3 is 2.18 bits per heavy atom. The highest BCUT2D eigenvalue weighted by molar-refractivity contribution is 5.82. The molecule has 1 saturated carbocycles. The molecule has 28 heavy (non-hydrogen) atoms. The first-order valence-electron chi connectivity index (χ1n) is 10.3. The zero-order valence-corrected chi connectivity index (χ0v) is 17.1.